The van der Waals surface area contributed by atoms with Gasteiger partial charge in [0.25, 0.3) is 5.91 Å². The molecule has 0 saturated carbocycles. The Labute approximate surface area is 181 Å². The molecule has 2 aliphatic rings. The number of hydrogen-bond donors (Lipinski definition) is 1. The largest absolute Gasteiger partial charge is 0.341 e. The van der Waals surface area contributed by atoms with Crippen molar-refractivity contribution in [3.63, 3.8) is 0 Å². The molecule has 31 heavy (non-hydrogen) atoms. The number of nitrogens with zero attached hydrogens (tertiary/aromatic N) is 4. The molecule has 2 amide bonds. The van der Waals surface area contributed by atoms with Crippen LogP contribution in [0.4, 0.5) is 11.6 Å². The van der Waals surface area contributed by atoms with Gasteiger partial charge in [-0.2, -0.15) is 0 Å². The summed E-state index contributed by atoms with van der Waals surface area (Å²) in [4.78, 5) is 39.9. The molecule has 2 aromatic carbocycles. The number of rotatable bonds is 3. The third-order valence-corrected chi connectivity index (χ3v) is 6.21. The molecule has 2 aliphatic heterocycles. The van der Waals surface area contributed by atoms with E-state index in [-0.39, 0.29) is 11.8 Å². The lowest BCUT2D eigenvalue weighted by Crippen LogP contribution is -2.37. The average Bonchev–Trinajstić information content (AvgIpc) is 3.32. The number of imidazole rings is 1. The smallest absolute Gasteiger partial charge is 0.256 e. The van der Waals surface area contributed by atoms with Crippen LogP contribution in [0.25, 0.3) is 11.0 Å². The van der Waals surface area contributed by atoms with Gasteiger partial charge in [0.1, 0.15) is 0 Å². The number of benzene rings is 2. The molecule has 0 spiro atoms. The number of para-hydroxylation sites is 2. The third-order valence-electron chi connectivity index (χ3n) is 6.21. The number of H-pyrrole nitrogens is 1. The summed E-state index contributed by atoms with van der Waals surface area (Å²) in [6.07, 6.45) is 2.26. The standard InChI is InChI=1S/C24H27N5O2/c1-17-9-10-21(29-13-4-8-22(29)30)18(16-17)23(31)27-11-5-12-28(15-14-27)24-25-19-6-2-3-7-20(19)26-24/h2-3,6-7,9-10,16H,4-5,8,11-15H2,1H3,(H,25,26). The second-order valence-electron chi connectivity index (χ2n) is 8.38. The van der Waals surface area contributed by atoms with Crippen LogP contribution in [0.2, 0.25) is 0 Å². The first-order chi connectivity index (χ1) is 15.1. The van der Waals surface area contributed by atoms with Crippen molar-refractivity contribution < 1.29 is 9.59 Å². The summed E-state index contributed by atoms with van der Waals surface area (Å²) in [5.41, 5.74) is 4.38. The molecule has 0 unspecified atom stereocenters. The summed E-state index contributed by atoms with van der Waals surface area (Å²) in [5.74, 6) is 0.962. The summed E-state index contributed by atoms with van der Waals surface area (Å²) in [5, 5.41) is 0. The Hall–Kier alpha value is -3.35. The zero-order valence-electron chi connectivity index (χ0n) is 17.8. The highest BCUT2D eigenvalue weighted by molar-refractivity contribution is 6.05. The SMILES string of the molecule is Cc1ccc(N2CCCC2=O)c(C(=O)N2CCCN(c3nc4ccccc4[nH]3)CC2)c1. The molecule has 2 fully saturated rings. The van der Waals surface area contributed by atoms with Gasteiger partial charge >= 0.3 is 0 Å². The average molecular weight is 418 g/mol. The number of aryl methyl sites for hydroxylation is 1. The molecule has 2 saturated heterocycles. The number of carbonyl (C=O) groups excluding carboxylic acids is 2. The molecule has 160 valence electrons. The predicted octanol–water partition coefficient (Wildman–Crippen LogP) is 3.35. The van der Waals surface area contributed by atoms with E-state index >= 15 is 0 Å². The van der Waals surface area contributed by atoms with Crippen LogP contribution in [0.3, 0.4) is 0 Å². The quantitative estimate of drug-likeness (QED) is 0.709. The Kier molecular flexibility index (Phi) is 5.10. The number of fused-ring (bicyclic) bond motifs is 1. The fourth-order valence-corrected chi connectivity index (χ4v) is 4.55. The summed E-state index contributed by atoms with van der Waals surface area (Å²) in [6, 6.07) is 13.8. The van der Waals surface area contributed by atoms with E-state index in [9.17, 15) is 9.59 Å². The van der Waals surface area contributed by atoms with Crippen LogP contribution in [-0.2, 0) is 4.79 Å². The van der Waals surface area contributed by atoms with Gasteiger partial charge in [-0.3, -0.25) is 9.59 Å². The van der Waals surface area contributed by atoms with Crippen molar-refractivity contribution in [3.05, 3.63) is 53.6 Å². The molecule has 3 heterocycles. The highest BCUT2D eigenvalue weighted by Gasteiger charge is 2.29. The van der Waals surface area contributed by atoms with E-state index in [4.69, 9.17) is 4.98 Å². The number of aromatic amines is 1. The summed E-state index contributed by atoms with van der Waals surface area (Å²) >= 11 is 0. The Balaban J connectivity index is 1.36. The van der Waals surface area contributed by atoms with Crippen LogP contribution in [0.5, 0.6) is 0 Å². The summed E-state index contributed by atoms with van der Waals surface area (Å²) < 4.78 is 0. The Bertz CT molecular complexity index is 1100. The van der Waals surface area contributed by atoms with Crippen LogP contribution in [0.15, 0.2) is 42.5 Å². The van der Waals surface area contributed by atoms with Crippen molar-refractivity contribution in [2.75, 3.05) is 42.5 Å². The molecule has 0 atom stereocenters. The summed E-state index contributed by atoms with van der Waals surface area (Å²) in [7, 11) is 0. The summed E-state index contributed by atoms with van der Waals surface area (Å²) in [6.45, 7) is 5.54. The minimum atomic E-state index is 0.00450. The minimum Gasteiger partial charge on any atom is -0.341 e. The van der Waals surface area contributed by atoms with Crippen LogP contribution in [0, 0.1) is 6.92 Å². The van der Waals surface area contributed by atoms with E-state index in [0.717, 1.165) is 54.2 Å². The Morgan fingerprint density at radius 3 is 2.68 bits per heavy atom. The minimum absolute atomic E-state index is 0.00450. The number of aromatic nitrogens is 2. The van der Waals surface area contributed by atoms with Crippen LogP contribution in [0.1, 0.15) is 35.2 Å². The Morgan fingerprint density at radius 1 is 1.00 bits per heavy atom. The fraction of sp³-hybridized carbons (Fsp3) is 0.375. The van der Waals surface area contributed by atoms with Gasteiger partial charge in [-0.1, -0.05) is 23.8 Å². The molecule has 5 rings (SSSR count). The maximum Gasteiger partial charge on any atom is 0.256 e. The van der Waals surface area contributed by atoms with Gasteiger partial charge in [-0.15, -0.1) is 0 Å². The molecule has 1 N–H and O–H groups in total. The molecule has 1 aromatic heterocycles. The van der Waals surface area contributed by atoms with E-state index < -0.39 is 0 Å². The second kappa shape index (κ2) is 8.06. The van der Waals surface area contributed by atoms with Crippen molar-refractivity contribution in [3.8, 4) is 0 Å². The van der Waals surface area contributed by atoms with Gasteiger partial charge in [0.2, 0.25) is 11.9 Å². The van der Waals surface area contributed by atoms with Crippen LogP contribution < -0.4 is 9.80 Å². The monoisotopic (exact) mass is 417 g/mol. The predicted molar refractivity (Wildman–Crippen MR) is 122 cm³/mol. The fourth-order valence-electron chi connectivity index (χ4n) is 4.55. The van der Waals surface area contributed by atoms with Crippen molar-refractivity contribution in [1.29, 1.82) is 0 Å². The van der Waals surface area contributed by atoms with Gasteiger partial charge in [-0.05, 0) is 44.0 Å². The van der Waals surface area contributed by atoms with E-state index in [1.165, 1.54) is 0 Å². The first-order valence-electron chi connectivity index (χ1n) is 11.0. The first-order valence-corrected chi connectivity index (χ1v) is 11.0. The number of anilines is 2. The highest BCUT2D eigenvalue weighted by Crippen LogP contribution is 2.28. The van der Waals surface area contributed by atoms with Crippen molar-refractivity contribution in [1.82, 2.24) is 14.9 Å². The zero-order chi connectivity index (χ0) is 21.4. The number of nitrogens with one attached hydrogen (secondary N) is 1. The van der Waals surface area contributed by atoms with Crippen molar-refractivity contribution >= 4 is 34.5 Å². The lowest BCUT2D eigenvalue weighted by Gasteiger charge is -2.25. The molecule has 7 heteroatoms. The van der Waals surface area contributed by atoms with Gasteiger partial charge in [0.05, 0.1) is 22.3 Å². The van der Waals surface area contributed by atoms with Gasteiger partial charge < -0.3 is 19.7 Å². The van der Waals surface area contributed by atoms with E-state index in [0.29, 0.717) is 31.6 Å². The molecule has 0 bridgehead atoms. The molecular formula is C24H27N5O2. The second-order valence-corrected chi connectivity index (χ2v) is 8.38. The molecule has 0 radical (unpaired) electrons. The molecular weight excluding hydrogens is 390 g/mol. The molecule has 3 aromatic rings. The van der Waals surface area contributed by atoms with Crippen LogP contribution in [-0.4, -0.2) is 59.4 Å². The van der Waals surface area contributed by atoms with Gasteiger partial charge in [0, 0.05) is 39.1 Å². The zero-order valence-corrected chi connectivity index (χ0v) is 17.8. The topological polar surface area (TPSA) is 72.5 Å². The lowest BCUT2D eigenvalue weighted by atomic mass is 10.1. The first kappa shape index (κ1) is 19.6. The van der Waals surface area contributed by atoms with Crippen molar-refractivity contribution in [2.24, 2.45) is 0 Å². The van der Waals surface area contributed by atoms with E-state index in [1.54, 1.807) is 4.90 Å². The van der Waals surface area contributed by atoms with Gasteiger partial charge in [0.15, 0.2) is 0 Å². The van der Waals surface area contributed by atoms with Crippen LogP contribution >= 0.6 is 0 Å². The third kappa shape index (κ3) is 3.76. The maximum atomic E-state index is 13.5. The molecule has 7 nitrogen and oxygen atoms in total. The van der Waals surface area contributed by atoms with E-state index in [2.05, 4.69) is 9.88 Å². The van der Waals surface area contributed by atoms with Gasteiger partial charge in [-0.25, -0.2) is 4.98 Å². The normalized spacial score (nSPS) is 17.5. The number of hydrogen-bond acceptors (Lipinski definition) is 4. The van der Waals surface area contributed by atoms with Crippen molar-refractivity contribution in [2.45, 2.75) is 26.2 Å². The Morgan fingerprint density at radius 2 is 1.87 bits per heavy atom. The number of amides is 2. The lowest BCUT2D eigenvalue weighted by molar-refractivity contribution is -0.117. The van der Waals surface area contributed by atoms with E-state index in [1.807, 2.05) is 54.3 Å². The molecule has 0 aliphatic carbocycles. The number of carbonyl (C=O) groups is 2. The highest BCUT2D eigenvalue weighted by atomic mass is 16.2. The maximum absolute atomic E-state index is 13.5.